The van der Waals surface area contributed by atoms with Crippen LogP contribution in [-0.4, -0.2) is 50.2 Å². The van der Waals surface area contributed by atoms with Crippen LogP contribution in [-0.2, 0) is 9.53 Å². The molecule has 0 bridgehead atoms. The molecule has 0 aromatic heterocycles. The molecule has 4 nitrogen and oxygen atoms in total. The van der Waals surface area contributed by atoms with Crippen LogP contribution < -0.4 is 5.32 Å². The van der Waals surface area contributed by atoms with Crippen LogP contribution in [0.2, 0.25) is 0 Å². The quantitative estimate of drug-likeness (QED) is 0.670. The highest BCUT2D eigenvalue weighted by Crippen LogP contribution is 2.16. The zero-order valence-electron chi connectivity index (χ0n) is 8.66. The van der Waals surface area contributed by atoms with Crippen molar-refractivity contribution in [1.82, 2.24) is 10.2 Å². The third-order valence-corrected chi connectivity index (χ3v) is 3.21. The van der Waals surface area contributed by atoms with Gasteiger partial charge < -0.3 is 15.0 Å². The number of amides is 1. The second-order valence-corrected chi connectivity index (χ2v) is 4.16. The average molecular weight is 198 g/mol. The smallest absolute Gasteiger partial charge is 0.227 e. The molecule has 2 aliphatic rings. The van der Waals surface area contributed by atoms with Crippen molar-refractivity contribution in [1.29, 1.82) is 0 Å². The van der Waals surface area contributed by atoms with Crippen molar-refractivity contribution in [3.8, 4) is 0 Å². The molecule has 80 valence electrons. The number of nitrogens with one attached hydrogen (secondary N) is 1. The van der Waals surface area contributed by atoms with E-state index in [2.05, 4.69) is 5.32 Å². The third-order valence-electron chi connectivity index (χ3n) is 3.21. The molecule has 14 heavy (non-hydrogen) atoms. The first-order chi connectivity index (χ1) is 6.79. The van der Waals surface area contributed by atoms with Gasteiger partial charge >= 0.3 is 0 Å². The van der Waals surface area contributed by atoms with Crippen LogP contribution in [0, 0.1) is 5.92 Å². The van der Waals surface area contributed by atoms with E-state index in [1.165, 1.54) is 0 Å². The summed E-state index contributed by atoms with van der Waals surface area (Å²) in [4.78, 5) is 13.8. The van der Waals surface area contributed by atoms with E-state index in [0.29, 0.717) is 12.6 Å². The summed E-state index contributed by atoms with van der Waals surface area (Å²) in [5.41, 5.74) is 0. The number of ether oxygens (including phenoxy) is 1. The van der Waals surface area contributed by atoms with Gasteiger partial charge in [-0.1, -0.05) is 0 Å². The molecule has 0 spiro atoms. The lowest BCUT2D eigenvalue weighted by Gasteiger charge is -2.25. The highest BCUT2D eigenvalue weighted by atomic mass is 16.5. The lowest BCUT2D eigenvalue weighted by atomic mass is 10.1. The highest BCUT2D eigenvalue weighted by Gasteiger charge is 2.30. The SMILES string of the molecule is CN(C(=O)C1CCNC1)C1CCOC1. The lowest BCUT2D eigenvalue weighted by molar-refractivity contribution is -0.135. The zero-order chi connectivity index (χ0) is 9.97. The molecule has 1 N–H and O–H groups in total. The minimum absolute atomic E-state index is 0.195. The maximum atomic E-state index is 12.0. The molecule has 0 aromatic rings. The van der Waals surface area contributed by atoms with Gasteiger partial charge in [0.2, 0.25) is 5.91 Å². The van der Waals surface area contributed by atoms with E-state index in [1.807, 2.05) is 11.9 Å². The number of carbonyl (C=O) groups excluding carboxylic acids is 1. The molecule has 0 saturated carbocycles. The Morgan fingerprint density at radius 3 is 2.93 bits per heavy atom. The normalized spacial score (nSPS) is 32.1. The predicted octanol–water partition coefficient (Wildman–Crippen LogP) is -0.157. The van der Waals surface area contributed by atoms with Crippen LogP contribution in [0.5, 0.6) is 0 Å². The van der Waals surface area contributed by atoms with Crippen molar-refractivity contribution < 1.29 is 9.53 Å². The number of likely N-dealkylation sites (N-methyl/N-ethyl adjacent to an activating group) is 1. The Balaban J connectivity index is 1.89. The third kappa shape index (κ3) is 1.91. The van der Waals surface area contributed by atoms with Crippen molar-refractivity contribution >= 4 is 5.91 Å². The standard InChI is InChI=1S/C10H18N2O2/c1-12(9-3-5-14-7-9)10(13)8-2-4-11-6-8/h8-9,11H,2-7H2,1H3. The maximum absolute atomic E-state index is 12.0. The van der Waals surface area contributed by atoms with Gasteiger partial charge in [-0.3, -0.25) is 4.79 Å². The molecular weight excluding hydrogens is 180 g/mol. The molecule has 2 fully saturated rings. The van der Waals surface area contributed by atoms with Crippen LogP contribution in [0.3, 0.4) is 0 Å². The van der Waals surface area contributed by atoms with Gasteiger partial charge in [0.15, 0.2) is 0 Å². The minimum atomic E-state index is 0.195. The summed E-state index contributed by atoms with van der Waals surface area (Å²) in [7, 11) is 1.90. The van der Waals surface area contributed by atoms with Crippen molar-refractivity contribution in [2.75, 3.05) is 33.4 Å². The van der Waals surface area contributed by atoms with Crippen molar-refractivity contribution in [2.24, 2.45) is 5.92 Å². The molecule has 0 radical (unpaired) electrons. The van der Waals surface area contributed by atoms with E-state index in [0.717, 1.165) is 32.5 Å². The summed E-state index contributed by atoms with van der Waals surface area (Å²) >= 11 is 0. The molecular formula is C10H18N2O2. The fourth-order valence-corrected chi connectivity index (χ4v) is 2.16. The summed E-state index contributed by atoms with van der Waals surface area (Å²) in [5.74, 6) is 0.478. The Bertz CT molecular complexity index is 208. The number of hydrogen-bond acceptors (Lipinski definition) is 3. The number of nitrogens with zero attached hydrogens (tertiary/aromatic N) is 1. The minimum Gasteiger partial charge on any atom is -0.379 e. The Hall–Kier alpha value is -0.610. The summed E-state index contributed by atoms with van der Waals surface area (Å²) in [6.45, 7) is 3.33. The first-order valence-electron chi connectivity index (χ1n) is 5.34. The zero-order valence-corrected chi connectivity index (χ0v) is 8.66. The summed E-state index contributed by atoms with van der Waals surface area (Å²) in [6.07, 6.45) is 1.97. The molecule has 4 heteroatoms. The van der Waals surface area contributed by atoms with Gasteiger partial charge in [0.25, 0.3) is 0 Å². The predicted molar refractivity (Wildman–Crippen MR) is 53.0 cm³/mol. The summed E-state index contributed by atoms with van der Waals surface area (Å²) < 4.78 is 5.28. The molecule has 0 aromatic carbocycles. The van der Waals surface area contributed by atoms with E-state index in [-0.39, 0.29) is 11.8 Å². The molecule has 2 unspecified atom stereocenters. The molecule has 2 saturated heterocycles. The van der Waals surface area contributed by atoms with Gasteiger partial charge in [0.05, 0.1) is 18.6 Å². The average Bonchev–Trinajstić information content (AvgIpc) is 2.87. The van der Waals surface area contributed by atoms with Gasteiger partial charge in [0.1, 0.15) is 0 Å². The van der Waals surface area contributed by atoms with Crippen LogP contribution in [0.4, 0.5) is 0 Å². The van der Waals surface area contributed by atoms with Gasteiger partial charge in [0, 0.05) is 20.2 Å². The highest BCUT2D eigenvalue weighted by molar-refractivity contribution is 5.79. The van der Waals surface area contributed by atoms with Gasteiger partial charge in [-0.2, -0.15) is 0 Å². The number of hydrogen-bond donors (Lipinski definition) is 1. The Kier molecular flexibility index (Phi) is 3.03. The van der Waals surface area contributed by atoms with Gasteiger partial charge in [-0.05, 0) is 19.4 Å². The summed E-state index contributed by atoms with van der Waals surface area (Å²) in [5, 5.41) is 3.22. The fourth-order valence-electron chi connectivity index (χ4n) is 2.16. The van der Waals surface area contributed by atoms with Crippen LogP contribution in [0.15, 0.2) is 0 Å². The van der Waals surface area contributed by atoms with E-state index < -0.39 is 0 Å². The molecule has 2 atom stereocenters. The van der Waals surface area contributed by atoms with Crippen LogP contribution >= 0.6 is 0 Å². The van der Waals surface area contributed by atoms with E-state index in [9.17, 15) is 4.79 Å². The van der Waals surface area contributed by atoms with E-state index in [4.69, 9.17) is 4.74 Å². The Morgan fingerprint density at radius 2 is 2.36 bits per heavy atom. The van der Waals surface area contributed by atoms with E-state index >= 15 is 0 Å². The second-order valence-electron chi connectivity index (χ2n) is 4.16. The van der Waals surface area contributed by atoms with Crippen molar-refractivity contribution in [3.05, 3.63) is 0 Å². The molecule has 0 aliphatic carbocycles. The lowest BCUT2D eigenvalue weighted by Crippen LogP contribution is -2.41. The van der Waals surface area contributed by atoms with E-state index in [1.54, 1.807) is 0 Å². The topological polar surface area (TPSA) is 41.6 Å². The van der Waals surface area contributed by atoms with Gasteiger partial charge in [-0.15, -0.1) is 0 Å². The number of rotatable bonds is 2. The van der Waals surface area contributed by atoms with Gasteiger partial charge in [-0.25, -0.2) is 0 Å². The molecule has 2 heterocycles. The summed E-state index contributed by atoms with van der Waals surface area (Å²) in [6, 6.07) is 0.308. The first kappa shape index (κ1) is 9.93. The van der Waals surface area contributed by atoms with Crippen molar-refractivity contribution in [3.63, 3.8) is 0 Å². The largest absolute Gasteiger partial charge is 0.379 e. The Labute approximate surface area is 84.6 Å². The monoisotopic (exact) mass is 198 g/mol. The second kappa shape index (κ2) is 4.28. The molecule has 2 aliphatic heterocycles. The molecule has 1 amide bonds. The van der Waals surface area contributed by atoms with Crippen LogP contribution in [0.1, 0.15) is 12.8 Å². The maximum Gasteiger partial charge on any atom is 0.227 e. The number of carbonyl (C=O) groups is 1. The van der Waals surface area contributed by atoms with Crippen molar-refractivity contribution in [2.45, 2.75) is 18.9 Å². The van der Waals surface area contributed by atoms with Crippen LogP contribution in [0.25, 0.3) is 0 Å². The first-order valence-corrected chi connectivity index (χ1v) is 5.34. The Morgan fingerprint density at radius 1 is 1.50 bits per heavy atom. The molecule has 2 rings (SSSR count). The fraction of sp³-hybridized carbons (Fsp3) is 0.900.